The third-order valence-electron chi connectivity index (χ3n) is 4.55. The number of rotatable bonds is 5. The van der Waals surface area contributed by atoms with E-state index in [0.717, 1.165) is 31.1 Å². The minimum atomic E-state index is -0.261. The van der Waals surface area contributed by atoms with Crippen molar-refractivity contribution in [3.8, 4) is 0 Å². The van der Waals surface area contributed by atoms with Gasteiger partial charge < -0.3 is 16.0 Å². The molecule has 0 radical (unpaired) electrons. The maximum atomic E-state index is 12.0. The highest BCUT2D eigenvalue weighted by Crippen LogP contribution is 2.19. The van der Waals surface area contributed by atoms with Crippen LogP contribution in [0, 0.1) is 5.92 Å². The van der Waals surface area contributed by atoms with Crippen molar-refractivity contribution in [1.82, 2.24) is 5.32 Å². The number of piperidine rings is 1. The number of halogens is 2. The topological polar surface area (TPSA) is 53.2 Å². The zero-order chi connectivity index (χ0) is 17.5. The predicted molar refractivity (Wildman–Crippen MR) is 112 cm³/mol. The number of amides is 2. The Morgan fingerprint density at radius 2 is 1.65 bits per heavy atom. The minimum absolute atomic E-state index is 0. The van der Waals surface area contributed by atoms with Crippen LogP contribution in [-0.2, 0) is 6.42 Å². The van der Waals surface area contributed by atoms with Crippen molar-refractivity contribution in [2.75, 3.05) is 23.7 Å². The van der Waals surface area contributed by atoms with Gasteiger partial charge in [-0.1, -0.05) is 23.7 Å². The molecular weight excluding hydrogens is 369 g/mol. The van der Waals surface area contributed by atoms with Crippen molar-refractivity contribution in [3.05, 3.63) is 59.1 Å². The Bertz CT molecular complexity index is 683. The molecule has 0 aliphatic carbocycles. The normalized spacial score (nSPS) is 16.4. The van der Waals surface area contributed by atoms with Crippen molar-refractivity contribution < 1.29 is 4.79 Å². The molecule has 2 aromatic carbocycles. The van der Waals surface area contributed by atoms with Crippen LogP contribution in [0.25, 0.3) is 0 Å². The number of carbonyl (C=O) groups is 1. The second-order valence-electron chi connectivity index (χ2n) is 6.53. The molecule has 0 saturated carbocycles. The maximum Gasteiger partial charge on any atom is 0.323 e. The van der Waals surface area contributed by atoms with Crippen LogP contribution < -0.4 is 16.0 Å². The lowest BCUT2D eigenvalue weighted by atomic mass is 9.93. The van der Waals surface area contributed by atoms with E-state index in [-0.39, 0.29) is 18.4 Å². The summed E-state index contributed by atoms with van der Waals surface area (Å²) in [6.45, 7) is 2.31. The molecular formula is C20H25Cl2N3O. The standard InChI is InChI=1S/C20H24ClN3O.ClH/c21-17-7-11-19(12-8-17)24-20(25)23-18-9-5-15(6-10-18)3-4-16-2-1-13-22-14-16;/h5-12,16,22H,1-4,13-14H2,(H2,23,24,25);1H. The first kappa shape index (κ1) is 20.6. The number of anilines is 2. The first-order valence-corrected chi connectivity index (χ1v) is 9.20. The molecule has 3 N–H and O–H groups in total. The van der Waals surface area contributed by atoms with Crippen molar-refractivity contribution in [3.63, 3.8) is 0 Å². The average molecular weight is 394 g/mol. The summed E-state index contributed by atoms with van der Waals surface area (Å²) >= 11 is 5.84. The van der Waals surface area contributed by atoms with E-state index in [9.17, 15) is 4.79 Å². The highest BCUT2D eigenvalue weighted by atomic mass is 35.5. The molecule has 26 heavy (non-hydrogen) atoms. The zero-order valence-corrected chi connectivity index (χ0v) is 16.2. The quantitative estimate of drug-likeness (QED) is 0.641. The fraction of sp³-hybridized carbons (Fsp3) is 0.350. The molecule has 2 amide bonds. The fourth-order valence-electron chi connectivity index (χ4n) is 3.12. The Balaban J connectivity index is 0.00000243. The number of carbonyl (C=O) groups excluding carboxylic acids is 1. The molecule has 1 saturated heterocycles. The number of urea groups is 1. The summed E-state index contributed by atoms with van der Waals surface area (Å²) in [5, 5.41) is 9.74. The molecule has 4 nitrogen and oxygen atoms in total. The van der Waals surface area contributed by atoms with Gasteiger partial charge in [0, 0.05) is 16.4 Å². The number of nitrogens with one attached hydrogen (secondary N) is 3. The zero-order valence-electron chi connectivity index (χ0n) is 14.6. The van der Waals surface area contributed by atoms with E-state index in [2.05, 4.69) is 28.1 Å². The molecule has 1 fully saturated rings. The van der Waals surface area contributed by atoms with E-state index in [1.807, 2.05) is 12.1 Å². The second-order valence-corrected chi connectivity index (χ2v) is 6.97. The highest BCUT2D eigenvalue weighted by molar-refractivity contribution is 6.30. The SMILES string of the molecule is Cl.O=C(Nc1ccc(Cl)cc1)Nc1ccc(CCC2CCCNC2)cc1. The van der Waals surface area contributed by atoms with E-state index in [1.165, 1.54) is 24.8 Å². The van der Waals surface area contributed by atoms with Gasteiger partial charge in [-0.3, -0.25) is 0 Å². The van der Waals surface area contributed by atoms with Gasteiger partial charge in [0.15, 0.2) is 0 Å². The number of hydrogen-bond acceptors (Lipinski definition) is 2. The molecule has 1 unspecified atom stereocenters. The Morgan fingerprint density at radius 3 is 2.23 bits per heavy atom. The molecule has 0 aromatic heterocycles. The van der Waals surface area contributed by atoms with Crippen LogP contribution in [0.2, 0.25) is 5.02 Å². The maximum absolute atomic E-state index is 12.0. The predicted octanol–water partition coefficient (Wildman–Crippen LogP) is 5.34. The third-order valence-corrected chi connectivity index (χ3v) is 4.81. The fourth-order valence-corrected chi connectivity index (χ4v) is 3.25. The first-order valence-electron chi connectivity index (χ1n) is 8.82. The van der Waals surface area contributed by atoms with Crippen LogP contribution in [-0.4, -0.2) is 19.1 Å². The monoisotopic (exact) mass is 393 g/mol. The summed E-state index contributed by atoms with van der Waals surface area (Å²) in [4.78, 5) is 12.0. The molecule has 1 aliphatic rings. The van der Waals surface area contributed by atoms with Gasteiger partial charge in [-0.15, -0.1) is 12.4 Å². The van der Waals surface area contributed by atoms with E-state index < -0.39 is 0 Å². The van der Waals surface area contributed by atoms with Crippen LogP contribution in [0.15, 0.2) is 48.5 Å². The lowest BCUT2D eigenvalue weighted by molar-refractivity contribution is 0.262. The molecule has 2 aromatic rings. The van der Waals surface area contributed by atoms with E-state index >= 15 is 0 Å². The molecule has 0 bridgehead atoms. The smallest absolute Gasteiger partial charge is 0.316 e. The Hall–Kier alpha value is -1.75. The van der Waals surface area contributed by atoms with Gasteiger partial charge in [0.25, 0.3) is 0 Å². The Labute approximate surface area is 166 Å². The van der Waals surface area contributed by atoms with Crippen molar-refractivity contribution in [2.24, 2.45) is 5.92 Å². The van der Waals surface area contributed by atoms with E-state index in [0.29, 0.717) is 10.7 Å². The van der Waals surface area contributed by atoms with Gasteiger partial charge in [0.2, 0.25) is 0 Å². The molecule has 1 atom stereocenters. The van der Waals surface area contributed by atoms with E-state index in [4.69, 9.17) is 11.6 Å². The minimum Gasteiger partial charge on any atom is -0.316 e. The largest absolute Gasteiger partial charge is 0.323 e. The number of hydrogen-bond donors (Lipinski definition) is 3. The first-order chi connectivity index (χ1) is 12.2. The lowest BCUT2D eigenvalue weighted by Crippen LogP contribution is -2.29. The van der Waals surface area contributed by atoms with Crippen LogP contribution >= 0.6 is 24.0 Å². The van der Waals surface area contributed by atoms with Crippen LogP contribution in [0.5, 0.6) is 0 Å². The van der Waals surface area contributed by atoms with Gasteiger partial charge in [-0.25, -0.2) is 4.79 Å². The summed E-state index contributed by atoms with van der Waals surface area (Å²) in [6, 6.07) is 14.9. The molecule has 1 aliphatic heterocycles. The average Bonchev–Trinajstić information content (AvgIpc) is 2.64. The third kappa shape index (κ3) is 6.52. The van der Waals surface area contributed by atoms with Crippen molar-refractivity contribution >= 4 is 41.4 Å². The summed E-state index contributed by atoms with van der Waals surface area (Å²) < 4.78 is 0. The molecule has 3 rings (SSSR count). The van der Waals surface area contributed by atoms with Gasteiger partial charge in [0.1, 0.15) is 0 Å². The Kier molecular flexibility index (Phi) is 8.23. The number of benzene rings is 2. The number of aryl methyl sites for hydroxylation is 1. The van der Waals surface area contributed by atoms with Crippen LogP contribution in [0.4, 0.5) is 16.2 Å². The summed E-state index contributed by atoms with van der Waals surface area (Å²) in [5.74, 6) is 0.789. The molecule has 0 spiro atoms. The summed E-state index contributed by atoms with van der Waals surface area (Å²) in [7, 11) is 0. The summed E-state index contributed by atoms with van der Waals surface area (Å²) in [6.07, 6.45) is 4.92. The van der Waals surface area contributed by atoms with Crippen LogP contribution in [0.3, 0.4) is 0 Å². The van der Waals surface area contributed by atoms with Gasteiger partial charge in [0.05, 0.1) is 0 Å². The van der Waals surface area contributed by atoms with Gasteiger partial charge in [-0.05, 0) is 86.7 Å². The Morgan fingerprint density at radius 1 is 1.04 bits per heavy atom. The summed E-state index contributed by atoms with van der Waals surface area (Å²) in [5.41, 5.74) is 2.81. The second kappa shape index (κ2) is 10.4. The van der Waals surface area contributed by atoms with Crippen molar-refractivity contribution in [2.45, 2.75) is 25.7 Å². The van der Waals surface area contributed by atoms with Gasteiger partial charge >= 0.3 is 6.03 Å². The molecule has 140 valence electrons. The van der Waals surface area contributed by atoms with Crippen LogP contribution in [0.1, 0.15) is 24.8 Å². The highest BCUT2D eigenvalue weighted by Gasteiger charge is 2.12. The lowest BCUT2D eigenvalue weighted by Gasteiger charge is -2.22. The van der Waals surface area contributed by atoms with Gasteiger partial charge in [-0.2, -0.15) is 0 Å². The molecule has 1 heterocycles. The molecule has 6 heteroatoms. The van der Waals surface area contributed by atoms with Crippen molar-refractivity contribution in [1.29, 1.82) is 0 Å². The van der Waals surface area contributed by atoms with E-state index in [1.54, 1.807) is 24.3 Å².